The molecule has 1 N–H and O–H groups in total. The Bertz CT molecular complexity index is 1240. The van der Waals surface area contributed by atoms with Gasteiger partial charge in [-0.3, -0.25) is 4.79 Å². The van der Waals surface area contributed by atoms with Gasteiger partial charge < -0.3 is 4.74 Å². The van der Waals surface area contributed by atoms with Gasteiger partial charge in [0.2, 0.25) is 0 Å². The number of hydrogen-bond acceptors (Lipinski definition) is 4. The number of rotatable bonds is 6. The monoisotopic (exact) mass is 424 g/mol. The van der Waals surface area contributed by atoms with Gasteiger partial charge in [-0.05, 0) is 61.9 Å². The largest absolute Gasteiger partial charge is 0.497 e. The molecule has 6 heteroatoms. The van der Waals surface area contributed by atoms with E-state index in [-0.39, 0.29) is 5.91 Å². The van der Waals surface area contributed by atoms with Crippen LogP contribution in [0.2, 0.25) is 0 Å². The van der Waals surface area contributed by atoms with Crippen molar-refractivity contribution in [2.24, 2.45) is 5.10 Å². The molecule has 160 valence electrons. The van der Waals surface area contributed by atoms with Crippen LogP contribution >= 0.6 is 0 Å². The predicted octanol–water partition coefficient (Wildman–Crippen LogP) is 5.01. The quantitative estimate of drug-likeness (QED) is 0.349. The number of benzene rings is 3. The number of para-hydroxylation sites is 1. The second-order valence-electron chi connectivity index (χ2n) is 7.39. The summed E-state index contributed by atoms with van der Waals surface area (Å²) in [5, 5.41) is 8.99. The highest BCUT2D eigenvalue weighted by Gasteiger charge is 2.17. The molecule has 0 unspecified atom stereocenters. The predicted molar refractivity (Wildman–Crippen MR) is 126 cm³/mol. The van der Waals surface area contributed by atoms with E-state index in [0.29, 0.717) is 11.4 Å². The Balaban J connectivity index is 1.66. The fraction of sp³-hybridized carbons (Fsp3) is 0.115. The number of carbonyl (C=O) groups excluding carboxylic acids is 1. The molecule has 0 saturated heterocycles. The van der Waals surface area contributed by atoms with E-state index in [9.17, 15) is 4.79 Å². The van der Waals surface area contributed by atoms with Gasteiger partial charge in [0, 0.05) is 5.56 Å². The third-order valence-electron chi connectivity index (χ3n) is 5.12. The van der Waals surface area contributed by atoms with Crippen LogP contribution in [0.3, 0.4) is 0 Å². The fourth-order valence-electron chi connectivity index (χ4n) is 3.26. The van der Waals surface area contributed by atoms with Crippen molar-refractivity contribution >= 4 is 11.6 Å². The second-order valence-corrected chi connectivity index (χ2v) is 7.39. The van der Waals surface area contributed by atoms with E-state index in [1.54, 1.807) is 17.9 Å². The first kappa shape index (κ1) is 21.1. The highest BCUT2D eigenvalue weighted by Crippen LogP contribution is 2.24. The Kier molecular flexibility index (Phi) is 6.12. The van der Waals surface area contributed by atoms with Crippen molar-refractivity contribution in [3.63, 3.8) is 0 Å². The summed E-state index contributed by atoms with van der Waals surface area (Å²) in [5.41, 5.74) is 8.26. The molecule has 0 aliphatic rings. The van der Waals surface area contributed by atoms with E-state index in [0.717, 1.165) is 28.3 Å². The van der Waals surface area contributed by atoms with Gasteiger partial charge in [0.1, 0.15) is 11.4 Å². The normalized spacial score (nSPS) is 11.3. The highest BCUT2D eigenvalue weighted by atomic mass is 16.5. The number of methoxy groups -OCH3 is 1. The number of carbonyl (C=O) groups is 1. The van der Waals surface area contributed by atoms with E-state index in [1.807, 2.05) is 92.7 Å². The van der Waals surface area contributed by atoms with E-state index in [1.165, 1.54) is 5.56 Å². The zero-order valence-electron chi connectivity index (χ0n) is 18.2. The van der Waals surface area contributed by atoms with Gasteiger partial charge in [0.25, 0.3) is 5.91 Å². The van der Waals surface area contributed by atoms with Gasteiger partial charge in [-0.15, -0.1) is 0 Å². The standard InChI is InChI=1S/C26H24N4O2/c1-18-9-11-20(12-10-18)19(2)27-28-26(31)25-17-24(21-13-15-23(32-3)16-14-21)29-30(25)22-7-5-4-6-8-22/h4-17H,1-3H3,(H,28,31)/b27-19+. The summed E-state index contributed by atoms with van der Waals surface area (Å²) in [6.45, 7) is 3.89. The highest BCUT2D eigenvalue weighted by molar-refractivity contribution is 6.00. The molecule has 0 aliphatic carbocycles. The smallest absolute Gasteiger partial charge is 0.290 e. The van der Waals surface area contributed by atoms with E-state index >= 15 is 0 Å². The van der Waals surface area contributed by atoms with Crippen molar-refractivity contribution in [3.8, 4) is 22.7 Å². The molecule has 1 aromatic heterocycles. The maximum Gasteiger partial charge on any atom is 0.290 e. The third kappa shape index (κ3) is 4.59. The van der Waals surface area contributed by atoms with Crippen LogP contribution in [0.4, 0.5) is 0 Å². The number of aryl methyl sites for hydroxylation is 1. The lowest BCUT2D eigenvalue weighted by Gasteiger charge is -2.07. The van der Waals surface area contributed by atoms with E-state index < -0.39 is 0 Å². The minimum Gasteiger partial charge on any atom is -0.497 e. The van der Waals surface area contributed by atoms with Crippen LogP contribution in [0, 0.1) is 6.92 Å². The fourth-order valence-corrected chi connectivity index (χ4v) is 3.26. The topological polar surface area (TPSA) is 68.5 Å². The maximum absolute atomic E-state index is 13.1. The van der Waals surface area contributed by atoms with E-state index in [2.05, 4.69) is 15.6 Å². The van der Waals surface area contributed by atoms with Crippen molar-refractivity contribution < 1.29 is 9.53 Å². The van der Waals surface area contributed by atoms with Crippen molar-refractivity contribution in [2.75, 3.05) is 7.11 Å². The molecule has 0 radical (unpaired) electrons. The molecule has 0 spiro atoms. The molecule has 3 aromatic carbocycles. The second kappa shape index (κ2) is 9.31. The van der Waals surface area contributed by atoms with Gasteiger partial charge >= 0.3 is 0 Å². The Labute approximate surface area is 187 Å². The van der Waals surface area contributed by atoms with Crippen molar-refractivity contribution in [1.29, 1.82) is 0 Å². The lowest BCUT2D eigenvalue weighted by atomic mass is 10.1. The number of hydrazone groups is 1. The van der Waals surface area contributed by atoms with Crippen molar-refractivity contribution in [2.45, 2.75) is 13.8 Å². The Morgan fingerprint density at radius 3 is 2.31 bits per heavy atom. The van der Waals surface area contributed by atoms with Crippen LogP contribution in [-0.4, -0.2) is 28.5 Å². The minimum atomic E-state index is -0.340. The summed E-state index contributed by atoms with van der Waals surface area (Å²) in [6, 6.07) is 26.9. The summed E-state index contributed by atoms with van der Waals surface area (Å²) in [5.74, 6) is 0.419. The summed E-state index contributed by atoms with van der Waals surface area (Å²) >= 11 is 0. The first-order valence-electron chi connectivity index (χ1n) is 10.3. The molecule has 1 heterocycles. The number of nitrogens with one attached hydrogen (secondary N) is 1. The molecule has 0 saturated carbocycles. The van der Waals surface area contributed by atoms with Gasteiger partial charge in [0.15, 0.2) is 0 Å². The maximum atomic E-state index is 13.1. The average Bonchev–Trinajstić information content (AvgIpc) is 3.29. The van der Waals surface area contributed by atoms with Crippen LogP contribution in [0.25, 0.3) is 16.9 Å². The van der Waals surface area contributed by atoms with Crippen LogP contribution in [0.15, 0.2) is 90.0 Å². The molecule has 0 bridgehead atoms. The molecule has 0 atom stereocenters. The van der Waals surface area contributed by atoms with Crippen LogP contribution in [-0.2, 0) is 0 Å². The molecular weight excluding hydrogens is 400 g/mol. The molecule has 1 amide bonds. The molecule has 0 aliphatic heterocycles. The Hall–Kier alpha value is -4.19. The number of nitrogens with zero attached hydrogens (tertiary/aromatic N) is 3. The summed E-state index contributed by atoms with van der Waals surface area (Å²) in [6.07, 6.45) is 0. The average molecular weight is 425 g/mol. The molecular formula is C26H24N4O2. The molecule has 32 heavy (non-hydrogen) atoms. The van der Waals surface area contributed by atoms with E-state index in [4.69, 9.17) is 4.74 Å². The lowest BCUT2D eigenvalue weighted by Crippen LogP contribution is -2.22. The van der Waals surface area contributed by atoms with Crippen LogP contribution in [0.1, 0.15) is 28.5 Å². The van der Waals surface area contributed by atoms with Crippen molar-refractivity contribution in [1.82, 2.24) is 15.2 Å². The molecule has 0 fully saturated rings. The Morgan fingerprint density at radius 1 is 0.969 bits per heavy atom. The number of amides is 1. The minimum absolute atomic E-state index is 0.340. The summed E-state index contributed by atoms with van der Waals surface area (Å²) in [4.78, 5) is 13.1. The lowest BCUT2D eigenvalue weighted by molar-refractivity contribution is 0.0947. The first-order chi connectivity index (χ1) is 15.5. The van der Waals surface area contributed by atoms with Gasteiger partial charge in [-0.2, -0.15) is 10.2 Å². The van der Waals surface area contributed by atoms with Gasteiger partial charge in [-0.25, -0.2) is 10.1 Å². The van der Waals surface area contributed by atoms with Gasteiger partial charge in [-0.1, -0.05) is 48.0 Å². The third-order valence-corrected chi connectivity index (χ3v) is 5.12. The summed E-state index contributed by atoms with van der Waals surface area (Å²) in [7, 11) is 1.63. The van der Waals surface area contributed by atoms with Crippen LogP contribution < -0.4 is 10.2 Å². The molecule has 4 aromatic rings. The van der Waals surface area contributed by atoms with Crippen LogP contribution in [0.5, 0.6) is 5.75 Å². The zero-order chi connectivity index (χ0) is 22.5. The number of hydrogen-bond donors (Lipinski definition) is 1. The van der Waals surface area contributed by atoms with Crippen molar-refractivity contribution in [3.05, 3.63) is 102 Å². The summed E-state index contributed by atoms with van der Waals surface area (Å²) < 4.78 is 6.86. The first-order valence-corrected chi connectivity index (χ1v) is 10.3. The number of aromatic nitrogens is 2. The SMILES string of the molecule is COc1ccc(-c2cc(C(=O)N/N=C(\C)c3ccc(C)cc3)n(-c3ccccc3)n2)cc1. The zero-order valence-corrected chi connectivity index (χ0v) is 18.2. The Morgan fingerprint density at radius 2 is 1.66 bits per heavy atom. The van der Waals surface area contributed by atoms with Gasteiger partial charge in [0.05, 0.1) is 24.2 Å². The molecule has 4 rings (SSSR count). The molecule has 6 nitrogen and oxygen atoms in total. The number of ether oxygens (including phenoxy) is 1.